The molecule has 19 heavy (non-hydrogen) atoms. The van der Waals surface area contributed by atoms with Crippen LogP contribution in [0.1, 0.15) is 24.8 Å². The van der Waals surface area contributed by atoms with Gasteiger partial charge in [-0.25, -0.2) is 0 Å². The Labute approximate surface area is 119 Å². The van der Waals surface area contributed by atoms with Gasteiger partial charge >= 0.3 is 0 Å². The monoisotopic (exact) mass is 280 g/mol. The van der Waals surface area contributed by atoms with E-state index < -0.39 is 0 Å². The number of thiocarbonyl (C=S) groups is 1. The Morgan fingerprint density at radius 2 is 2.26 bits per heavy atom. The predicted octanol–water partition coefficient (Wildman–Crippen LogP) is 1.68. The predicted molar refractivity (Wildman–Crippen MR) is 81.0 cm³/mol. The van der Waals surface area contributed by atoms with Crippen LogP contribution in [0.3, 0.4) is 0 Å². The first-order valence-corrected chi connectivity index (χ1v) is 6.93. The number of methoxy groups -OCH3 is 1. The standard InChI is InChI=1S/C14H20N2O2S/c1-18-11-5-6-12(14(15)19)13(9-11)16(7-8-17)10-3-2-4-10/h5-6,9-10,17H,2-4,7-8H2,1H3,(H2,15,19). The average Bonchev–Trinajstić information content (AvgIpc) is 2.35. The van der Waals surface area contributed by atoms with Gasteiger partial charge in [-0.05, 0) is 31.4 Å². The molecule has 1 aromatic rings. The molecule has 1 fully saturated rings. The van der Waals surface area contributed by atoms with Gasteiger partial charge in [0.25, 0.3) is 0 Å². The fourth-order valence-electron chi connectivity index (χ4n) is 2.39. The Bertz CT molecular complexity index is 461. The number of benzene rings is 1. The lowest BCUT2D eigenvalue weighted by atomic mass is 9.90. The smallest absolute Gasteiger partial charge is 0.120 e. The Morgan fingerprint density at radius 3 is 2.74 bits per heavy atom. The summed E-state index contributed by atoms with van der Waals surface area (Å²) in [7, 11) is 1.64. The normalized spacial score (nSPS) is 14.8. The molecule has 3 N–H and O–H groups in total. The molecule has 0 spiro atoms. The zero-order valence-electron chi connectivity index (χ0n) is 11.1. The molecule has 0 bridgehead atoms. The average molecular weight is 280 g/mol. The maximum atomic E-state index is 9.29. The van der Waals surface area contributed by atoms with Crippen molar-refractivity contribution in [1.29, 1.82) is 0 Å². The van der Waals surface area contributed by atoms with Gasteiger partial charge in [0.05, 0.1) is 19.4 Å². The number of hydrogen-bond acceptors (Lipinski definition) is 4. The second kappa shape index (κ2) is 6.21. The van der Waals surface area contributed by atoms with Crippen LogP contribution in [0.15, 0.2) is 18.2 Å². The molecular formula is C14H20N2O2S. The van der Waals surface area contributed by atoms with Crippen molar-refractivity contribution in [3.63, 3.8) is 0 Å². The quantitative estimate of drug-likeness (QED) is 0.776. The first-order chi connectivity index (χ1) is 9.17. The minimum absolute atomic E-state index is 0.116. The van der Waals surface area contributed by atoms with Crippen LogP contribution in [0.25, 0.3) is 0 Å². The summed E-state index contributed by atoms with van der Waals surface area (Å²) in [5, 5.41) is 9.29. The zero-order chi connectivity index (χ0) is 13.8. The van der Waals surface area contributed by atoms with Crippen LogP contribution < -0.4 is 15.4 Å². The molecule has 104 valence electrons. The first-order valence-electron chi connectivity index (χ1n) is 6.52. The van der Waals surface area contributed by atoms with E-state index in [4.69, 9.17) is 22.7 Å². The van der Waals surface area contributed by atoms with Gasteiger partial charge in [-0.3, -0.25) is 0 Å². The summed E-state index contributed by atoms with van der Waals surface area (Å²) < 4.78 is 5.28. The van der Waals surface area contributed by atoms with E-state index >= 15 is 0 Å². The Kier molecular flexibility index (Phi) is 4.61. The third-order valence-corrected chi connectivity index (χ3v) is 3.86. The molecule has 0 unspecified atom stereocenters. The highest BCUT2D eigenvalue weighted by Crippen LogP contribution is 2.33. The summed E-state index contributed by atoms with van der Waals surface area (Å²) >= 11 is 5.12. The van der Waals surface area contributed by atoms with Crippen LogP contribution in [0.2, 0.25) is 0 Å². The van der Waals surface area contributed by atoms with Crippen LogP contribution in [-0.4, -0.2) is 36.4 Å². The van der Waals surface area contributed by atoms with Crippen LogP contribution >= 0.6 is 12.2 Å². The van der Waals surface area contributed by atoms with Gasteiger partial charge < -0.3 is 20.5 Å². The minimum atomic E-state index is 0.116. The van der Waals surface area contributed by atoms with E-state index in [0.717, 1.165) is 29.8 Å². The highest BCUT2D eigenvalue weighted by molar-refractivity contribution is 7.80. The first kappa shape index (κ1) is 14.1. The van der Waals surface area contributed by atoms with Crippen LogP contribution in [0.4, 0.5) is 5.69 Å². The van der Waals surface area contributed by atoms with Gasteiger partial charge in [-0.1, -0.05) is 12.2 Å². The molecular weight excluding hydrogens is 260 g/mol. The molecule has 1 aromatic carbocycles. The number of aliphatic hydroxyl groups is 1. The van der Waals surface area contributed by atoms with Crippen molar-refractivity contribution in [2.45, 2.75) is 25.3 Å². The highest BCUT2D eigenvalue weighted by Gasteiger charge is 2.27. The lowest BCUT2D eigenvalue weighted by Crippen LogP contribution is -2.42. The lowest BCUT2D eigenvalue weighted by molar-refractivity contribution is 0.283. The molecule has 0 saturated heterocycles. The van der Waals surface area contributed by atoms with E-state index in [2.05, 4.69) is 4.90 Å². The van der Waals surface area contributed by atoms with Gasteiger partial charge in [0, 0.05) is 24.2 Å². The maximum absolute atomic E-state index is 9.29. The van der Waals surface area contributed by atoms with Crippen molar-refractivity contribution in [2.75, 3.05) is 25.2 Å². The van der Waals surface area contributed by atoms with Gasteiger partial charge in [0.15, 0.2) is 0 Å². The van der Waals surface area contributed by atoms with Crippen LogP contribution in [0.5, 0.6) is 5.75 Å². The van der Waals surface area contributed by atoms with E-state index in [-0.39, 0.29) is 6.61 Å². The summed E-state index contributed by atoms with van der Waals surface area (Å²) in [6.45, 7) is 0.706. The summed E-state index contributed by atoms with van der Waals surface area (Å²) in [6.07, 6.45) is 3.53. The Morgan fingerprint density at radius 1 is 1.53 bits per heavy atom. The van der Waals surface area contributed by atoms with E-state index in [1.54, 1.807) is 7.11 Å². The lowest BCUT2D eigenvalue weighted by Gasteiger charge is -2.40. The van der Waals surface area contributed by atoms with Crippen molar-refractivity contribution in [3.8, 4) is 5.75 Å². The topological polar surface area (TPSA) is 58.7 Å². The summed E-state index contributed by atoms with van der Waals surface area (Å²) in [5.74, 6) is 0.775. The molecule has 1 aliphatic carbocycles. The Hall–Kier alpha value is -1.33. The molecule has 5 heteroatoms. The number of nitrogens with zero attached hydrogens (tertiary/aromatic N) is 1. The van der Waals surface area contributed by atoms with E-state index in [1.807, 2.05) is 18.2 Å². The van der Waals surface area contributed by atoms with E-state index in [9.17, 15) is 5.11 Å². The maximum Gasteiger partial charge on any atom is 0.120 e. The van der Waals surface area contributed by atoms with Crippen molar-refractivity contribution < 1.29 is 9.84 Å². The molecule has 2 rings (SSSR count). The van der Waals surface area contributed by atoms with Gasteiger partial charge in [-0.2, -0.15) is 0 Å². The van der Waals surface area contributed by atoms with E-state index in [0.29, 0.717) is 17.6 Å². The molecule has 0 aliphatic heterocycles. The summed E-state index contributed by atoms with van der Waals surface area (Å²) in [5.41, 5.74) is 7.61. The van der Waals surface area contributed by atoms with Crippen molar-refractivity contribution in [3.05, 3.63) is 23.8 Å². The van der Waals surface area contributed by atoms with E-state index in [1.165, 1.54) is 6.42 Å². The molecule has 0 aromatic heterocycles. The number of hydrogen-bond donors (Lipinski definition) is 2. The molecule has 1 saturated carbocycles. The minimum Gasteiger partial charge on any atom is -0.497 e. The number of aliphatic hydroxyl groups excluding tert-OH is 1. The highest BCUT2D eigenvalue weighted by atomic mass is 32.1. The van der Waals surface area contributed by atoms with Gasteiger partial charge in [0.1, 0.15) is 10.7 Å². The van der Waals surface area contributed by atoms with Crippen molar-refractivity contribution in [2.24, 2.45) is 5.73 Å². The Balaban J connectivity index is 2.39. The number of rotatable bonds is 6. The largest absolute Gasteiger partial charge is 0.497 e. The molecule has 1 aliphatic rings. The van der Waals surface area contributed by atoms with Crippen molar-refractivity contribution in [1.82, 2.24) is 0 Å². The number of nitrogens with two attached hydrogens (primary N) is 1. The molecule has 0 atom stereocenters. The third kappa shape index (κ3) is 2.98. The fourth-order valence-corrected chi connectivity index (χ4v) is 2.56. The molecule has 4 nitrogen and oxygen atoms in total. The van der Waals surface area contributed by atoms with Crippen molar-refractivity contribution >= 4 is 22.9 Å². The second-order valence-corrected chi connectivity index (χ2v) is 5.19. The zero-order valence-corrected chi connectivity index (χ0v) is 11.9. The molecule has 0 radical (unpaired) electrons. The van der Waals surface area contributed by atoms with Crippen LogP contribution in [-0.2, 0) is 0 Å². The van der Waals surface area contributed by atoms with Gasteiger partial charge in [0.2, 0.25) is 0 Å². The molecule has 0 amide bonds. The SMILES string of the molecule is COc1ccc(C(N)=S)c(N(CCO)C2CCC2)c1. The molecule has 0 heterocycles. The van der Waals surface area contributed by atoms with Gasteiger partial charge in [-0.15, -0.1) is 0 Å². The summed E-state index contributed by atoms with van der Waals surface area (Å²) in [4.78, 5) is 2.57. The number of ether oxygens (including phenoxy) is 1. The number of anilines is 1. The second-order valence-electron chi connectivity index (χ2n) is 4.75. The van der Waals surface area contributed by atoms with Crippen LogP contribution in [0, 0.1) is 0 Å². The fraction of sp³-hybridized carbons (Fsp3) is 0.500. The summed E-state index contributed by atoms with van der Waals surface area (Å²) in [6, 6.07) is 6.16. The third-order valence-electron chi connectivity index (χ3n) is 3.64.